The first-order valence-electron chi connectivity index (χ1n) is 11.7. The Kier molecular flexibility index (Phi) is 7.80. The van der Waals surface area contributed by atoms with Crippen molar-refractivity contribution < 1.29 is 9.59 Å². The zero-order valence-electron chi connectivity index (χ0n) is 20.4. The molecule has 0 radical (unpaired) electrons. The molecule has 0 atom stereocenters. The summed E-state index contributed by atoms with van der Waals surface area (Å²) in [5, 5.41) is 3.42. The molecule has 1 N–H and O–H groups in total. The SMILES string of the molecule is C=CC(=Nc1ccccc1C)c1cc(NC(=O)c2ccc(N3CCN(C(C)=O)CC3)nc2)ccc1Cl. The van der Waals surface area contributed by atoms with Crippen molar-refractivity contribution in [3.8, 4) is 0 Å². The van der Waals surface area contributed by atoms with Gasteiger partial charge in [-0.25, -0.2) is 9.98 Å². The molecule has 4 rings (SSSR count). The van der Waals surface area contributed by atoms with E-state index in [0.717, 1.165) is 17.1 Å². The van der Waals surface area contributed by atoms with Crippen LogP contribution >= 0.6 is 11.6 Å². The molecule has 1 saturated heterocycles. The van der Waals surface area contributed by atoms with E-state index in [1.54, 1.807) is 43.5 Å². The van der Waals surface area contributed by atoms with Crippen LogP contribution in [-0.2, 0) is 4.79 Å². The smallest absolute Gasteiger partial charge is 0.257 e. The Hall–Kier alpha value is -3.97. The average molecular weight is 502 g/mol. The van der Waals surface area contributed by atoms with Gasteiger partial charge in [0.05, 0.1) is 22.0 Å². The van der Waals surface area contributed by atoms with Crippen molar-refractivity contribution >= 4 is 46.3 Å². The van der Waals surface area contributed by atoms with E-state index < -0.39 is 0 Å². The number of rotatable bonds is 6. The van der Waals surface area contributed by atoms with E-state index in [9.17, 15) is 9.59 Å². The van der Waals surface area contributed by atoms with E-state index in [-0.39, 0.29) is 11.8 Å². The van der Waals surface area contributed by atoms with E-state index in [1.807, 2.05) is 42.2 Å². The van der Waals surface area contributed by atoms with Gasteiger partial charge >= 0.3 is 0 Å². The van der Waals surface area contributed by atoms with Crippen LogP contribution in [0.4, 0.5) is 17.2 Å². The summed E-state index contributed by atoms with van der Waals surface area (Å²) in [5.74, 6) is 0.591. The zero-order chi connectivity index (χ0) is 25.7. The fourth-order valence-corrected chi connectivity index (χ4v) is 4.21. The van der Waals surface area contributed by atoms with Crippen molar-refractivity contribution in [3.63, 3.8) is 0 Å². The summed E-state index contributed by atoms with van der Waals surface area (Å²) in [7, 11) is 0. The van der Waals surface area contributed by atoms with E-state index in [2.05, 4.69) is 21.8 Å². The lowest BCUT2D eigenvalue weighted by Gasteiger charge is -2.34. The average Bonchev–Trinajstić information content (AvgIpc) is 2.89. The van der Waals surface area contributed by atoms with E-state index in [1.165, 1.54) is 0 Å². The number of benzene rings is 2. The number of pyridine rings is 1. The summed E-state index contributed by atoms with van der Waals surface area (Å²) in [4.78, 5) is 37.5. The van der Waals surface area contributed by atoms with Gasteiger partial charge in [-0.1, -0.05) is 36.4 Å². The number of halogens is 1. The number of piperazine rings is 1. The number of aromatic nitrogens is 1. The number of aryl methyl sites for hydroxylation is 1. The van der Waals surface area contributed by atoms with Crippen LogP contribution in [0, 0.1) is 6.92 Å². The van der Waals surface area contributed by atoms with Crippen LogP contribution < -0.4 is 10.2 Å². The van der Waals surface area contributed by atoms with Gasteiger partial charge in [0.25, 0.3) is 5.91 Å². The van der Waals surface area contributed by atoms with Crippen LogP contribution in [0.5, 0.6) is 0 Å². The topological polar surface area (TPSA) is 77.9 Å². The summed E-state index contributed by atoms with van der Waals surface area (Å²) in [6, 6.07) is 16.6. The lowest BCUT2D eigenvalue weighted by molar-refractivity contribution is -0.129. The number of carbonyl (C=O) groups excluding carboxylic acids is 2. The highest BCUT2D eigenvalue weighted by Gasteiger charge is 2.20. The normalized spacial score (nSPS) is 13.9. The maximum Gasteiger partial charge on any atom is 0.257 e. The van der Waals surface area contributed by atoms with Crippen molar-refractivity contribution in [2.45, 2.75) is 13.8 Å². The molecule has 2 heterocycles. The van der Waals surface area contributed by atoms with E-state index in [0.29, 0.717) is 53.7 Å². The third-order valence-corrected chi connectivity index (χ3v) is 6.44. The maximum atomic E-state index is 12.9. The Labute approximate surface area is 216 Å². The quantitative estimate of drug-likeness (QED) is 0.467. The number of amides is 2. The molecule has 0 saturated carbocycles. The number of nitrogens with zero attached hydrogens (tertiary/aromatic N) is 4. The van der Waals surface area contributed by atoms with E-state index >= 15 is 0 Å². The lowest BCUT2D eigenvalue weighted by atomic mass is 10.1. The summed E-state index contributed by atoms with van der Waals surface area (Å²) in [6.07, 6.45) is 3.21. The van der Waals surface area contributed by atoms with E-state index in [4.69, 9.17) is 16.6 Å². The number of aliphatic imine (C=N–C) groups is 1. The molecule has 0 bridgehead atoms. The fourth-order valence-electron chi connectivity index (χ4n) is 3.99. The molecule has 2 aromatic carbocycles. The van der Waals surface area contributed by atoms with Crippen molar-refractivity contribution in [1.29, 1.82) is 0 Å². The first-order chi connectivity index (χ1) is 17.4. The summed E-state index contributed by atoms with van der Waals surface area (Å²) < 4.78 is 0. The first kappa shape index (κ1) is 25.1. The van der Waals surface area contributed by atoms with Crippen molar-refractivity contribution in [3.05, 3.63) is 95.2 Å². The zero-order valence-corrected chi connectivity index (χ0v) is 21.1. The minimum absolute atomic E-state index is 0.0849. The molecule has 7 nitrogen and oxygen atoms in total. The van der Waals surface area contributed by atoms with Crippen LogP contribution in [0.3, 0.4) is 0 Å². The van der Waals surface area contributed by atoms with Crippen LogP contribution in [0.1, 0.15) is 28.4 Å². The van der Waals surface area contributed by atoms with Crippen LogP contribution in [0.2, 0.25) is 5.02 Å². The monoisotopic (exact) mass is 501 g/mol. The Morgan fingerprint density at radius 2 is 1.83 bits per heavy atom. The molecule has 1 aromatic heterocycles. The largest absolute Gasteiger partial charge is 0.353 e. The van der Waals surface area contributed by atoms with Gasteiger partial charge in [0.2, 0.25) is 5.91 Å². The predicted octanol–water partition coefficient (Wildman–Crippen LogP) is 5.27. The van der Waals surface area contributed by atoms with Crippen LogP contribution in [0.15, 0.2) is 78.4 Å². The molecule has 1 aliphatic heterocycles. The second-order valence-electron chi connectivity index (χ2n) is 8.53. The molecule has 0 spiro atoms. The number of anilines is 2. The Morgan fingerprint density at radius 1 is 1.08 bits per heavy atom. The van der Waals surface area contributed by atoms with Gasteiger partial charge in [0, 0.05) is 50.6 Å². The molecular weight excluding hydrogens is 474 g/mol. The summed E-state index contributed by atoms with van der Waals surface area (Å²) in [6.45, 7) is 10.2. The summed E-state index contributed by atoms with van der Waals surface area (Å²) >= 11 is 6.47. The number of nitrogens with one attached hydrogen (secondary N) is 1. The second-order valence-corrected chi connectivity index (χ2v) is 8.94. The molecule has 8 heteroatoms. The van der Waals surface area contributed by atoms with Crippen LogP contribution in [0.25, 0.3) is 0 Å². The molecule has 0 aliphatic carbocycles. The standard InChI is InChI=1S/C28H28ClN5O2/c1-4-25(32-26-8-6-5-7-19(26)2)23-17-22(10-11-24(23)29)31-28(36)21-9-12-27(30-18-21)34-15-13-33(14-16-34)20(3)35/h4-12,17-18H,1,13-16H2,2-3H3,(H,31,36). The molecule has 3 aromatic rings. The maximum absolute atomic E-state index is 12.9. The minimum atomic E-state index is -0.278. The predicted molar refractivity (Wildman–Crippen MR) is 146 cm³/mol. The van der Waals surface area contributed by atoms with Gasteiger partial charge in [0.15, 0.2) is 0 Å². The van der Waals surface area contributed by atoms with Crippen molar-refractivity contribution in [2.75, 3.05) is 36.4 Å². The Bertz CT molecular complexity index is 1310. The molecule has 1 aliphatic rings. The molecule has 184 valence electrons. The van der Waals surface area contributed by atoms with Gasteiger partial charge < -0.3 is 15.1 Å². The highest BCUT2D eigenvalue weighted by molar-refractivity contribution is 6.35. The second kappa shape index (κ2) is 11.2. The van der Waals surface area contributed by atoms with Gasteiger partial charge in [-0.05, 0) is 55.0 Å². The van der Waals surface area contributed by atoms with Crippen molar-refractivity contribution in [2.24, 2.45) is 4.99 Å². The molecular formula is C28H28ClN5O2. The van der Waals surface area contributed by atoms with Gasteiger partial charge in [-0.2, -0.15) is 0 Å². The van der Waals surface area contributed by atoms with Gasteiger partial charge in [-0.15, -0.1) is 0 Å². The minimum Gasteiger partial charge on any atom is -0.353 e. The van der Waals surface area contributed by atoms with Crippen LogP contribution in [-0.4, -0.2) is 53.6 Å². The first-order valence-corrected chi connectivity index (χ1v) is 12.1. The number of allylic oxidation sites excluding steroid dienone is 1. The highest BCUT2D eigenvalue weighted by atomic mass is 35.5. The number of hydrogen-bond donors (Lipinski definition) is 1. The van der Waals surface area contributed by atoms with Gasteiger partial charge in [-0.3, -0.25) is 9.59 Å². The third kappa shape index (κ3) is 5.80. The number of hydrogen-bond acceptors (Lipinski definition) is 5. The molecule has 0 unspecified atom stereocenters. The Balaban J connectivity index is 1.48. The third-order valence-electron chi connectivity index (χ3n) is 6.11. The molecule has 36 heavy (non-hydrogen) atoms. The van der Waals surface area contributed by atoms with Crippen molar-refractivity contribution in [1.82, 2.24) is 9.88 Å². The molecule has 2 amide bonds. The lowest BCUT2D eigenvalue weighted by Crippen LogP contribution is -2.48. The summed E-state index contributed by atoms with van der Waals surface area (Å²) in [5.41, 5.74) is 4.17. The fraction of sp³-hybridized carbons (Fsp3) is 0.214. The number of carbonyl (C=O) groups is 2. The highest BCUT2D eigenvalue weighted by Crippen LogP contribution is 2.26. The number of para-hydroxylation sites is 1. The molecule has 1 fully saturated rings. The van der Waals surface area contributed by atoms with Gasteiger partial charge in [0.1, 0.15) is 5.82 Å². The Morgan fingerprint density at radius 3 is 2.47 bits per heavy atom.